The molecule has 7 N–H and O–H groups in total. The smallest absolute Gasteiger partial charge is 0.407 e. The number of unbranched alkanes of at least 4 members (excludes halogenated alkanes) is 6. The lowest BCUT2D eigenvalue weighted by Crippen LogP contribution is -2.51. The first kappa shape index (κ1) is 50.8. The summed E-state index contributed by atoms with van der Waals surface area (Å²) in [5.41, 5.74) is 14.1. The number of carbonyl (C=O) groups is 2. The Balaban J connectivity index is 0.911. The van der Waals surface area contributed by atoms with Gasteiger partial charge in [-0.25, -0.2) is 4.79 Å². The van der Waals surface area contributed by atoms with Crippen LogP contribution in [0.3, 0.4) is 0 Å². The molecule has 5 fully saturated rings. The van der Waals surface area contributed by atoms with Crippen LogP contribution >= 0.6 is 12.6 Å². The first-order chi connectivity index (χ1) is 30.0. The van der Waals surface area contributed by atoms with E-state index in [0.29, 0.717) is 36.6 Å². The van der Waals surface area contributed by atoms with Crippen molar-refractivity contribution in [2.75, 3.05) is 13.2 Å². The van der Waals surface area contributed by atoms with Crippen molar-refractivity contribution in [3.63, 3.8) is 0 Å². The van der Waals surface area contributed by atoms with Gasteiger partial charge in [0.05, 0.1) is 18.8 Å². The number of esters is 1. The minimum absolute atomic E-state index is 0.113. The summed E-state index contributed by atoms with van der Waals surface area (Å²) in [6, 6.07) is 0. The lowest BCUT2D eigenvalue weighted by Gasteiger charge is -2.44. The molecule has 1 heterocycles. The third kappa shape index (κ3) is 14.2. The fraction of sp³-hybridized carbons (Fsp3) is 0.714. The summed E-state index contributed by atoms with van der Waals surface area (Å²) >= 11 is 4.03. The molecule has 0 bridgehead atoms. The fourth-order valence-corrected chi connectivity index (χ4v) is 10.6. The van der Waals surface area contributed by atoms with E-state index in [0.717, 1.165) is 87.5 Å². The van der Waals surface area contributed by atoms with Crippen molar-refractivity contribution in [2.24, 2.45) is 40.6 Å². The molecule has 11 nitrogen and oxygen atoms in total. The Hall–Kier alpha value is -3.17. The van der Waals surface area contributed by atoms with E-state index in [1.165, 1.54) is 43.5 Å². The standard InChI is InChI=1S/C49H76F2N4O7S/c1-32(18-25-40(56)37-21-22-37)38-23-24-39-36(15-13-28-48(38,39)4)20-19-35-14-12-16-41(34(35)3)62-47(59)54-29-11-9-7-5-6-8-10-17-43(57)60-31-27-42-44(58)49(50,51)45(61-42)55(46(53)63)30-26-33(2)52/h18-20,25-26,30,32,37-42,44-46,56,58,63H,2-3,5-17,21-24,27-29,31,52-53H2,1,4H3,(H,54,59)/b25-18+,30-26-,35-19-,36-20+/t32-,38?,39?,40?,41-,42?,44?,45?,46?,48+/m0/s1. The maximum atomic E-state index is 14.9. The Morgan fingerprint density at radius 2 is 1.76 bits per heavy atom. The zero-order valence-corrected chi connectivity index (χ0v) is 38.6. The summed E-state index contributed by atoms with van der Waals surface area (Å²) in [6.07, 6.45) is 22.5. The van der Waals surface area contributed by atoms with E-state index in [1.54, 1.807) is 5.57 Å². The average molecular weight is 903 g/mol. The second kappa shape index (κ2) is 23.8. The lowest BCUT2D eigenvalue weighted by atomic mass is 9.61. The second-order valence-corrected chi connectivity index (χ2v) is 19.5. The number of fused-ring (bicyclic) bond motifs is 1. The molecule has 1 amide bonds. The molecule has 0 aromatic heterocycles. The minimum Gasteiger partial charge on any atom is -0.466 e. The molecule has 10 atom stereocenters. The van der Waals surface area contributed by atoms with Crippen LogP contribution in [0.1, 0.15) is 136 Å². The predicted molar refractivity (Wildman–Crippen MR) is 246 cm³/mol. The number of hydrogen-bond donors (Lipinski definition) is 6. The Morgan fingerprint density at radius 3 is 2.46 bits per heavy atom. The van der Waals surface area contributed by atoms with Gasteiger partial charge in [0, 0.05) is 31.3 Å². The third-order valence-electron chi connectivity index (χ3n) is 14.3. The van der Waals surface area contributed by atoms with Crippen molar-refractivity contribution in [1.82, 2.24) is 10.2 Å². The number of nitrogens with one attached hydrogen (secondary N) is 1. The Labute approximate surface area is 380 Å². The number of alkyl carbamates (subject to hydrolysis) is 1. The van der Waals surface area contributed by atoms with Gasteiger partial charge in [-0.3, -0.25) is 4.79 Å². The number of halogens is 2. The lowest BCUT2D eigenvalue weighted by molar-refractivity contribution is -0.158. The highest BCUT2D eigenvalue weighted by atomic mass is 32.1. The van der Waals surface area contributed by atoms with Crippen molar-refractivity contribution in [3.05, 3.63) is 72.2 Å². The van der Waals surface area contributed by atoms with Crippen LogP contribution in [0.2, 0.25) is 0 Å². The fourth-order valence-electron chi connectivity index (χ4n) is 10.4. The van der Waals surface area contributed by atoms with Crippen LogP contribution < -0.4 is 16.8 Å². The Morgan fingerprint density at radius 1 is 1.05 bits per heavy atom. The number of thiol groups is 1. The summed E-state index contributed by atoms with van der Waals surface area (Å²) < 4.78 is 46.3. The molecule has 63 heavy (non-hydrogen) atoms. The molecule has 7 unspecified atom stereocenters. The predicted octanol–water partition coefficient (Wildman–Crippen LogP) is 9.09. The van der Waals surface area contributed by atoms with Crippen LogP contribution in [0.4, 0.5) is 13.6 Å². The van der Waals surface area contributed by atoms with Gasteiger partial charge in [0.1, 0.15) is 17.7 Å². The maximum Gasteiger partial charge on any atom is 0.407 e. The molecular weight excluding hydrogens is 827 g/mol. The summed E-state index contributed by atoms with van der Waals surface area (Å²) in [5.74, 6) is -1.96. The molecule has 1 saturated heterocycles. The summed E-state index contributed by atoms with van der Waals surface area (Å²) in [6.45, 7) is 13.1. The van der Waals surface area contributed by atoms with Crippen LogP contribution in [-0.4, -0.2) is 82.4 Å². The summed E-state index contributed by atoms with van der Waals surface area (Å²) in [7, 11) is 0. The number of allylic oxidation sites excluding steroid dienone is 5. The van der Waals surface area contributed by atoms with E-state index in [1.807, 2.05) is 0 Å². The number of rotatable bonds is 23. The monoisotopic (exact) mass is 903 g/mol. The van der Waals surface area contributed by atoms with Crippen molar-refractivity contribution < 1.29 is 42.8 Å². The highest BCUT2D eigenvalue weighted by Crippen LogP contribution is 2.59. The number of carbonyl (C=O) groups excluding carboxylic acids is 2. The van der Waals surface area contributed by atoms with Gasteiger partial charge in [0.25, 0.3) is 0 Å². The van der Waals surface area contributed by atoms with Crippen LogP contribution in [0.5, 0.6) is 0 Å². The van der Waals surface area contributed by atoms with Gasteiger partial charge < -0.3 is 46.1 Å². The number of nitrogens with two attached hydrogens (primary N) is 2. The van der Waals surface area contributed by atoms with Gasteiger partial charge in [-0.1, -0.05) is 89.0 Å². The third-order valence-corrected chi connectivity index (χ3v) is 14.5. The number of aliphatic hydroxyl groups excluding tert-OH is 2. The molecule has 5 aliphatic rings. The minimum atomic E-state index is -3.66. The van der Waals surface area contributed by atoms with Crippen LogP contribution in [0.15, 0.2) is 72.2 Å². The largest absolute Gasteiger partial charge is 0.466 e. The van der Waals surface area contributed by atoms with Crippen molar-refractivity contribution in [1.29, 1.82) is 0 Å². The van der Waals surface area contributed by atoms with Crippen molar-refractivity contribution in [2.45, 2.75) is 178 Å². The Kier molecular flexibility index (Phi) is 19.2. The van der Waals surface area contributed by atoms with Crippen LogP contribution in [-0.2, 0) is 19.0 Å². The molecule has 1 aliphatic heterocycles. The van der Waals surface area contributed by atoms with Gasteiger partial charge in [-0.2, -0.15) is 8.78 Å². The zero-order chi connectivity index (χ0) is 45.7. The molecule has 4 saturated carbocycles. The molecule has 4 aliphatic carbocycles. The van der Waals surface area contributed by atoms with E-state index in [4.69, 9.17) is 25.7 Å². The zero-order valence-electron chi connectivity index (χ0n) is 37.7. The van der Waals surface area contributed by atoms with Gasteiger partial charge in [0.15, 0.2) is 6.23 Å². The number of aliphatic hydroxyl groups is 2. The molecular formula is C49H76F2N4O7S. The Bertz CT molecular complexity index is 1680. The first-order valence-electron chi connectivity index (χ1n) is 23.6. The van der Waals surface area contributed by atoms with Gasteiger partial charge in [-0.15, -0.1) is 12.6 Å². The van der Waals surface area contributed by atoms with Gasteiger partial charge >= 0.3 is 18.0 Å². The molecule has 0 spiro atoms. The molecule has 0 radical (unpaired) electrons. The number of ether oxygens (including phenoxy) is 3. The second-order valence-electron chi connectivity index (χ2n) is 19.0. The van der Waals surface area contributed by atoms with Gasteiger partial charge in [0.2, 0.25) is 0 Å². The highest BCUT2D eigenvalue weighted by molar-refractivity contribution is 7.80. The van der Waals surface area contributed by atoms with Crippen molar-refractivity contribution >= 4 is 24.7 Å². The maximum absolute atomic E-state index is 14.9. The average Bonchev–Trinajstić information content (AvgIpc) is 3.99. The van der Waals surface area contributed by atoms with E-state index in [9.17, 15) is 28.6 Å². The molecule has 0 aromatic rings. The van der Waals surface area contributed by atoms with Gasteiger partial charge in [-0.05, 0) is 123 Å². The van der Waals surface area contributed by atoms with E-state index in [-0.39, 0.29) is 42.8 Å². The van der Waals surface area contributed by atoms with E-state index < -0.39 is 41.9 Å². The normalized spacial score (nSPS) is 31.0. The van der Waals surface area contributed by atoms with Crippen LogP contribution in [0.25, 0.3) is 0 Å². The highest BCUT2D eigenvalue weighted by Gasteiger charge is 2.60. The number of nitrogens with zero attached hydrogens (tertiary/aromatic N) is 1. The quantitative estimate of drug-likeness (QED) is 0.0145. The van der Waals surface area contributed by atoms with E-state index in [2.05, 4.69) is 69.3 Å². The topological polar surface area (TPSA) is 170 Å². The molecule has 0 aromatic carbocycles. The summed E-state index contributed by atoms with van der Waals surface area (Å²) in [4.78, 5) is 25.9. The molecule has 354 valence electrons. The first-order valence-corrected chi connectivity index (χ1v) is 24.1. The van der Waals surface area contributed by atoms with Crippen molar-refractivity contribution in [3.8, 4) is 0 Å². The van der Waals surface area contributed by atoms with Crippen LogP contribution in [0, 0.1) is 29.1 Å². The summed E-state index contributed by atoms with van der Waals surface area (Å²) in [5, 5.41) is 23.6. The number of hydrogen-bond acceptors (Lipinski definition) is 11. The number of amides is 1. The number of alkyl halides is 2. The van der Waals surface area contributed by atoms with E-state index >= 15 is 0 Å². The molecule has 14 heteroatoms. The SMILES string of the molecule is C=C(N)/C=C\N(C(N)S)C1OC(CCOC(=O)CCCCCCCCCNC(=O)O[C@H]2CCC/C(=C/C=C3\CCC[C@@]4(C)C3CCC4[C@@H](C)/C=C/C(O)C3CC3)C2=C)C(O)C1(F)F. The molecule has 5 rings (SSSR count).